The highest BCUT2D eigenvalue weighted by atomic mass is 35.5. The van der Waals surface area contributed by atoms with E-state index in [1.807, 2.05) is 0 Å². The fourth-order valence-electron chi connectivity index (χ4n) is 5.78. The van der Waals surface area contributed by atoms with Gasteiger partial charge in [0.25, 0.3) is 0 Å². The molecular weight excluding hydrogens is 328 g/mol. The van der Waals surface area contributed by atoms with E-state index in [4.69, 9.17) is 0 Å². The molecule has 4 fully saturated rings. The summed E-state index contributed by atoms with van der Waals surface area (Å²) in [5, 5.41) is 7.56. The van der Waals surface area contributed by atoms with Gasteiger partial charge in [-0.15, -0.1) is 12.4 Å². The number of hydrogen-bond acceptors (Lipinski definition) is 2. The molecule has 0 saturated heterocycles. The summed E-state index contributed by atoms with van der Waals surface area (Å²) in [6.07, 6.45) is 16.1. The minimum absolute atomic E-state index is 0. The van der Waals surface area contributed by atoms with E-state index in [1.165, 1.54) is 62.5 Å². The van der Waals surface area contributed by atoms with E-state index in [9.17, 15) is 0 Å². The highest BCUT2D eigenvalue weighted by Crippen LogP contribution is 2.55. The average molecular weight is 367 g/mol. The summed E-state index contributed by atoms with van der Waals surface area (Å²) in [6.45, 7) is 9.86. The lowest BCUT2D eigenvalue weighted by Gasteiger charge is -2.57. The van der Waals surface area contributed by atoms with Crippen LogP contribution in [0.1, 0.15) is 72.1 Å². The van der Waals surface area contributed by atoms with Crippen LogP contribution in [0.25, 0.3) is 0 Å². The number of rotatable bonds is 9. The normalized spacial score (nSPS) is 33.2. The van der Waals surface area contributed by atoms with Crippen LogP contribution in [0.3, 0.4) is 0 Å². The Labute approximate surface area is 161 Å². The van der Waals surface area contributed by atoms with E-state index in [2.05, 4.69) is 43.6 Å². The van der Waals surface area contributed by atoms with E-state index < -0.39 is 0 Å². The van der Waals surface area contributed by atoms with E-state index in [-0.39, 0.29) is 12.4 Å². The fraction of sp³-hybridized carbons (Fsp3) is 0.818. The predicted octanol–water partition coefficient (Wildman–Crippen LogP) is 5.25. The molecule has 0 radical (unpaired) electrons. The van der Waals surface area contributed by atoms with E-state index in [1.54, 1.807) is 0 Å². The molecule has 0 heterocycles. The molecule has 2 nitrogen and oxygen atoms in total. The van der Waals surface area contributed by atoms with Crippen LogP contribution in [0.5, 0.6) is 0 Å². The van der Waals surface area contributed by atoms with Crippen molar-refractivity contribution >= 4 is 12.4 Å². The minimum atomic E-state index is 0. The zero-order valence-electron chi connectivity index (χ0n) is 16.6. The van der Waals surface area contributed by atoms with Crippen molar-refractivity contribution in [3.05, 3.63) is 23.3 Å². The average Bonchev–Trinajstić information content (AvgIpc) is 2.49. The summed E-state index contributed by atoms with van der Waals surface area (Å²) in [5.74, 6) is 3.13. The Morgan fingerprint density at radius 3 is 2.08 bits per heavy atom. The van der Waals surface area contributed by atoms with E-state index in [0.29, 0.717) is 5.54 Å². The number of allylic oxidation sites excluding steroid dienone is 3. The van der Waals surface area contributed by atoms with Gasteiger partial charge in [-0.05, 0) is 89.9 Å². The van der Waals surface area contributed by atoms with Gasteiger partial charge in [-0.3, -0.25) is 0 Å². The van der Waals surface area contributed by atoms with Crippen molar-refractivity contribution < 1.29 is 0 Å². The zero-order valence-corrected chi connectivity index (χ0v) is 17.4. The molecule has 0 aliphatic heterocycles. The first-order valence-corrected chi connectivity index (χ1v) is 10.3. The molecule has 4 rings (SSSR count). The van der Waals surface area contributed by atoms with Gasteiger partial charge in [0.2, 0.25) is 0 Å². The summed E-state index contributed by atoms with van der Waals surface area (Å²) < 4.78 is 0. The topological polar surface area (TPSA) is 24.1 Å². The third-order valence-corrected chi connectivity index (χ3v) is 6.53. The molecule has 0 atom stereocenters. The van der Waals surface area contributed by atoms with E-state index in [0.717, 1.165) is 37.4 Å². The van der Waals surface area contributed by atoms with Crippen LogP contribution < -0.4 is 10.6 Å². The highest BCUT2D eigenvalue weighted by Gasteiger charge is 2.50. The lowest BCUT2D eigenvalue weighted by molar-refractivity contribution is -0.0192. The van der Waals surface area contributed by atoms with Crippen molar-refractivity contribution in [3.63, 3.8) is 0 Å². The molecule has 25 heavy (non-hydrogen) atoms. The van der Waals surface area contributed by atoms with Gasteiger partial charge in [0.15, 0.2) is 0 Å². The van der Waals surface area contributed by atoms with Crippen molar-refractivity contribution in [2.24, 2.45) is 17.8 Å². The van der Waals surface area contributed by atoms with E-state index >= 15 is 0 Å². The molecule has 2 N–H and O–H groups in total. The molecule has 4 aliphatic carbocycles. The molecule has 4 saturated carbocycles. The van der Waals surface area contributed by atoms with Gasteiger partial charge in [-0.2, -0.15) is 0 Å². The van der Waals surface area contributed by atoms with Crippen LogP contribution in [-0.4, -0.2) is 25.2 Å². The molecule has 0 aromatic rings. The molecule has 144 valence electrons. The van der Waals surface area contributed by atoms with Crippen LogP contribution >= 0.6 is 12.4 Å². The summed E-state index contributed by atoms with van der Waals surface area (Å²) in [5.41, 5.74) is 3.46. The summed E-state index contributed by atoms with van der Waals surface area (Å²) in [4.78, 5) is 0. The Bertz CT molecular complexity index is 441. The molecule has 0 aromatic carbocycles. The lowest BCUT2D eigenvalue weighted by Crippen LogP contribution is -2.59. The Kier molecular flexibility index (Phi) is 8.04. The van der Waals surface area contributed by atoms with Crippen LogP contribution in [0.4, 0.5) is 0 Å². The van der Waals surface area contributed by atoms with Gasteiger partial charge in [-0.1, -0.05) is 23.3 Å². The number of hydrogen-bond donors (Lipinski definition) is 2. The standard InChI is InChI=1S/C22H38N2.ClH/c1-17(2)5-4-6-18(3)7-8-23-9-10-24-22-14-19-11-20(15-22)13-21(12-19)16-22;/h5,7,19-21,23-24H,4,6,8-16H2,1-3H3;1H/b18-7+;. The molecule has 4 bridgehead atoms. The zero-order chi connectivity index (χ0) is 17.0. The van der Waals surface area contributed by atoms with Gasteiger partial charge in [0.1, 0.15) is 0 Å². The van der Waals surface area contributed by atoms with Gasteiger partial charge < -0.3 is 10.6 Å². The molecule has 4 aliphatic rings. The maximum Gasteiger partial charge on any atom is 0.0190 e. The largest absolute Gasteiger partial charge is 0.312 e. The molecule has 0 spiro atoms. The molecule has 0 aromatic heterocycles. The maximum atomic E-state index is 3.97. The third-order valence-electron chi connectivity index (χ3n) is 6.53. The van der Waals surface area contributed by atoms with Crippen LogP contribution in [-0.2, 0) is 0 Å². The van der Waals surface area contributed by atoms with Crippen molar-refractivity contribution in [2.45, 2.75) is 77.7 Å². The quantitative estimate of drug-likeness (QED) is 0.430. The first kappa shape index (κ1) is 21.0. The molecule has 3 heteroatoms. The first-order valence-electron chi connectivity index (χ1n) is 10.3. The smallest absolute Gasteiger partial charge is 0.0190 e. The molecule has 0 amide bonds. The summed E-state index contributed by atoms with van der Waals surface area (Å²) >= 11 is 0. The van der Waals surface area contributed by atoms with Crippen molar-refractivity contribution in [1.29, 1.82) is 0 Å². The monoisotopic (exact) mass is 366 g/mol. The maximum absolute atomic E-state index is 3.97. The first-order chi connectivity index (χ1) is 11.5. The van der Waals surface area contributed by atoms with Crippen molar-refractivity contribution in [1.82, 2.24) is 10.6 Å². The lowest BCUT2D eigenvalue weighted by atomic mass is 9.53. The molecule has 0 unspecified atom stereocenters. The van der Waals surface area contributed by atoms with Crippen LogP contribution in [0.15, 0.2) is 23.3 Å². The van der Waals surface area contributed by atoms with Gasteiger partial charge in [0, 0.05) is 25.2 Å². The van der Waals surface area contributed by atoms with Gasteiger partial charge in [-0.25, -0.2) is 0 Å². The van der Waals surface area contributed by atoms with Crippen LogP contribution in [0.2, 0.25) is 0 Å². The Balaban J connectivity index is 0.00000225. The van der Waals surface area contributed by atoms with Crippen LogP contribution in [0, 0.1) is 17.8 Å². The van der Waals surface area contributed by atoms with Gasteiger partial charge >= 0.3 is 0 Å². The second-order valence-corrected chi connectivity index (χ2v) is 9.20. The minimum Gasteiger partial charge on any atom is -0.312 e. The van der Waals surface area contributed by atoms with Crippen molar-refractivity contribution in [3.8, 4) is 0 Å². The fourth-order valence-corrected chi connectivity index (χ4v) is 5.78. The number of nitrogens with one attached hydrogen (secondary N) is 2. The Hall–Kier alpha value is -0.310. The summed E-state index contributed by atoms with van der Waals surface area (Å²) in [6, 6.07) is 0. The second-order valence-electron chi connectivity index (χ2n) is 9.20. The third kappa shape index (κ3) is 6.12. The SMILES string of the molecule is CC(C)=CCC/C(C)=C/CNCCNC12CC3CC(CC(C3)C1)C2.Cl. The Morgan fingerprint density at radius 2 is 1.52 bits per heavy atom. The van der Waals surface area contributed by atoms with Crippen molar-refractivity contribution in [2.75, 3.05) is 19.6 Å². The van der Waals surface area contributed by atoms with Gasteiger partial charge in [0.05, 0.1) is 0 Å². The number of halogens is 1. The summed E-state index contributed by atoms with van der Waals surface area (Å²) in [7, 11) is 0. The Morgan fingerprint density at radius 1 is 0.920 bits per heavy atom. The predicted molar refractivity (Wildman–Crippen MR) is 111 cm³/mol. The molecular formula is C22H39ClN2. The second kappa shape index (κ2) is 9.58. The highest BCUT2D eigenvalue weighted by molar-refractivity contribution is 5.85.